The van der Waals surface area contributed by atoms with E-state index in [4.69, 9.17) is 0 Å². The summed E-state index contributed by atoms with van der Waals surface area (Å²) in [6, 6.07) is 15.2. The molecule has 0 aliphatic carbocycles. The molecule has 0 spiro atoms. The van der Waals surface area contributed by atoms with E-state index in [0.29, 0.717) is 7.18 Å². The van der Waals surface area contributed by atoms with Gasteiger partial charge < -0.3 is 0 Å². The summed E-state index contributed by atoms with van der Waals surface area (Å²) in [6.07, 6.45) is 3.91. The van der Waals surface area contributed by atoms with Crippen molar-refractivity contribution in [1.82, 2.24) is 0 Å². The van der Waals surface area contributed by atoms with Crippen molar-refractivity contribution < 1.29 is 8.78 Å². The van der Waals surface area contributed by atoms with E-state index in [-0.39, 0.29) is 5.82 Å². The summed E-state index contributed by atoms with van der Waals surface area (Å²) in [7, 11) is 0.500. The van der Waals surface area contributed by atoms with Crippen LogP contribution in [0.2, 0.25) is 0 Å². The van der Waals surface area contributed by atoms with Gasteiger partial charge in [-0.15, -0.1) is 5.73 Å². The van der Waals surface area contributed by atoms with Crippen molar-refractivity contribution in [1.29, 1.82) is 0 Å². The molecule has 0 heterocycles. The third kappa shape index (κ3) is 6.82. The number of hydrogen-bond donors (Lipinski definition) is 0. The minimum atomic E-state index is -0.204. The molecule has 0 saturated heterocycles. The number of benzene rings is 2. The Hall–Kier alpha value is -2.44. The zero-order chi connectivity index (χ0) is 19.9. The van der Waals surface area contributed by atoms with E-state index in [0.717, 1.165) is 35.1 Å². The van der Waals surface area contributed by atoms with Gasteiger partial charge >= 0.3 is 0 Å². The van der Waals surface area contributed by atoms with Crippen LogP contribution in [0.5, 0.6) is 0 Å². The van der Waals surface area contributed by atoms with Crippen molar-refractivity contribution in [2.75, 3.05) is 7.18 Å². The van der Waals surface area contributed by atoms with E-state index in [1.165, 1.54) is 11.6 Å². The second-order valence-corrected chi connectivity index (χ2v) is 5.32. The monoisotopic (exact) mass is 356 g/mol. The van der Waals surface area contributed by atoms with Crippen molar-refractivity contribution in [2.45, 2.75) is 40.5 Å². The topological polar surface area (TPSA) is 0 Å². The first-order valence-electron chi connectivity index (χ1n) is 8.96. The highest BCUT2D eigenvalue weighted by Gasteiger charge is 2.12. The van der Waals surface area contributed by atoms with E-state index in [2.05, 4.69) is 31.4 Å². The van der Waals surface area contributed by atoms with Gasteiger partial charge in [-0.05, 0) is 59.4 Å². The van der Waals surface area contributed by atoms with E-state index in [1.807, 2.05) is 51.1 Å². The zero-order valence-electron chi connectivity index (χ0n) is 16.6. The fourth-order valence-electron chi connectivity index (χ4n) is 2.69. The molecule has 0 amide bonds. The molecule has 0 atom stereocenters. The largest absolute Gasteiger partial charge is 0.255 e. The van der Waals surface area contributed by atoms with Gasteiger partial charge in [-0.25, -0.2) is 4.39 Å². The molecule has 140 valence electrons. The van der Waals surface area contributed by atoms with Gasteiger partial charge in [-0.3, -0.25) is 4.39 Å². The molecule has 0 aliphatic heterocycles. The number of hydrogen-bond acceptors (Lipinski definition) is 0. The van der Waals surface area contributed by atoms with E-state index in [1.54, 1.807) is 6.07 Å². The van der Waals surface area contributed by atoms with Crippen LogP contribution in [-0.4, -0.2) is 7.18 Å². The number of alkyl halides is 1. The Morgan fingerprint density at radius 1 is 1.08 bits per heavy atom. The third-order valence-electron chi connectivity index (χ3n) is 3.64. The zero-order valence-corrected chi connectivity index (χ0v) is 16.6. The molecule has 26 heavy (non-hydrogen) atoms. The first-order valence-corrected chi connectivity index (χ1v) is 8.96. The predicted molar refractivity (Wildman–Crippen MR) is 111 cm³/mol. The highest BCUT2D eigenvalue weighted by atomic mass is 19.1. The van der Waals surface area contributed by atoms with Crippen LogP contribution in [0.3, 0.4) is 0 Å². The summed E-state index contributed by atoms with van der Waals surface area (Å²) in [5.41, 5.74) is 8.34. The van der Waals surface area contributed by atoms with Crippen LogP contribution < -0.4 is 0 Å². The lowest BCUT2D eigenvalue weighted by molar-refractivity contribution is 0.626. The molecular formula is C24H30F2. The summed E-state index contributed by atoms with van der Waals surface area (Å²) in [4.78, 5) is 0. The first kappa shape index (κ1) is 23.6. The fraction of sp³-hybridized carbons (Fsp3) is 0.292. The van der Waals surface area contributed by atoms with Gasteiger partial charge in [0.1, 0.15) is 5.82 Å². The molecule has 0 saturated carbocycles. The molecule has 0 N–H and O–H groups in total. The number of rotatable bonds is 5. The molecular weight excluding hydrogens is 326 g/mol. The third-order valence-corrected chi connectivity index (χ3v) is 3.64. The summed E-state index contributed by atoms with van der Waals surface area (Å²) in [6.45, 7) is 11.8. The quantitative estimate of drug-likeness (QED) is 0.380. The normalized spacial score (nSPS) is 10.3. The number of aryl methyl sites for hydroxylation is 1. The summed E-state index contributed by atoms with van der Waals surface area (Å²) >= 11 is 0. The fourth-order valence-corrected chi connectivity index (χ4v) is 2.69. The smallest absolute Gasteiger partial charge is 0.123 e. The number of allylic oxidation sites excluding steroid dienone is 2. The van der Waals surface area contributed by atoms with Crippen molar-refractivity contribution >= 4 is 5.57 Å². The van der Waals surface area contributed by atoms with Crippen LogP contribution in [0, 0.1) is 12.7 Å². The van der Waals surface area contributed by atoms with Crippen LogP contribution in [0.4, 0.5) is 8.78 Å². The van der Waals surface area contributed by atoms with E-state index >= 15 is 0 Å². The van der Waals surface area contributed by atoms with Crippen LogP contribution in [0.15, 0.2) is 72.5 Å². The summed E-state index contributed by atoms with van der Waals surface area (Å²) in [5.74, 6) is -0.204. The SMILES string of the molecule is C=C=C/C(CCC)=C(\c1ccccc1)c1ccc(F)cc1C.CC.CF. The molecule has 0 aliphatic rings. The Bertz CT molecular complexity index is 721. The molecule has 0 fully saturated rings. The van der Waals surface area contributed by atoms with Gasteiger partial charge in [0.05, 0.1) is 7.18 Å². The van der Waals surface area contributed by atoms with Gasteiger partial charge in [0.25, 0.3) is 0 Å². The summed E-state index contributed by atoms with van der Waals surface area (Å²) in [5, 5.41) is 0. The van der Waals surface area contributed by atoms with Crippen LogP contribution in [-0.2, 0) is 0 Å². The second-order valence-electron chi connectivity index (χ2n) is 5.32. The molecule has 2 aromatic carbocycles. The van der Waals surface area contributed by atoms with Gasteiger partial charge in [0.15, 0.2) is 0 Å². The molecule has 0 bridgehead atoms. The van der Waals surface area contributed by atoms with Crippen molar-refractivity contribution in [3.63, 3.8) is 0 Å². The summed E-state index contributed by atoms with van der Waals surface area (Å²) < 4.78 is 23.0. The lowest BCUT2D eigenvalue weighted by atomic mass is 9.88. The number of halogens is 2. The van der Waals surface area contributed by atoms with Gasteiger partial charge in [-0.2, -0.15) is 0 Å². The second kappa shape index (κ2) is 13.8. The van der Waals surface area contributed by atoms with E-state index < -0.39 is 0 Å². The average molecular weight is 357 g/mol. The molecule has 2 heteroatoms. The lowest BCUT2D eigenvalue weighted by Crippen LogP contribution is -1.97. The maximum Gasteiger partial charge on any atom is 0.123 e. The molecule has 0 unspecified atom stereocenters. The van der Waals surface area contributed by atoms with Gasteiger partial charge in [0.2, 0.25) is 0 Å². The highest BCUT2D eigenvalue weighted by molar-refractivity contribution is 5.84. The first-order chi connectivity index (χ1) is 12.7. The molecule has 2 rings (SSSR count). The van der Waals surface area contributed by atoms with Crippen molar-refractivity contribution in [3.05, 3.63) is 95.0 Å². The Labute approximate surface area is 157 Å². The maximum atomic E-state index is 13.5. The van der Waals surface area contributed by atoms with Crippen molar-refractivity contribution in [2.24, 2.45) is 0 Å². The Balaban J connectivity index is 0.00000146. The molecule has 0 aromatic heterocycles. The highest BCUT2D eigenvalue weighted by Crippen LogP contribution is 2.32. The Morgan fingerprint density at radius 2 is 1.69 bits per heavy atom. The molecule has 0 nitrogen and oxygen atoms in total. The van der Waals surface area contributed by atoms with Gasteiger partial charge in [-0.1, -0.05) is 70.2 Å². The van der Waals surface area contributed by atoms with Crippen LogP contribution in [0.25, 0.3) is 5.57 Å². The molecule has 0 radical (unpaired) electrons. The maximum absolute atomic E-state index is 13.5. The predicted octanol–water partition coefficient (Wildman–Crippen LogP) is 7.69. The van der Waals surface area contributed by atoms with Crippen LogP contribution >= 0.6 is 0 Å². The Morgan fingerprint density at radius 3 is 2.19 bits per heavy atom. The minimum absolute atomic E-state index is 0.204. The Kier molecular flexibility index (Phi) is 12.5. The lowest BCUT2D eigenvalue weighted by Gasteiger charge is -2.16. The molecule has 2 aromatic rings. The van der Waals surface area contributed by atoms with Gasteiger partial charge in [0, 0.05) is 0 Å². The standard InChI is InChI=1S/C21H21F.C2H6.CH3F/c1-4-9-17(10-5-2)21(18-11-7-6-8-12-18)20-14-13-19(22)15-16(20)3;2*1-2/h6-9,11-15H,1,5,10H2,2-3H3;1-2H3;1H3/b21-17-;;. The van der Waals surface area contributed by atoms with Crippen molar-refractivity contribution in [3.8, 4) is 0 Å². The van der Waals surface area contributed by atoms with Crippen LogP contribution in [0.1, 0.15) is 50.3 Å². The average Bonchev–Trinajstić information content (AvgIpc) is 2.68. The minimum Gasteiger partial charge on any atom is -0.255 e. The van der Waals surface area contributed by atoms with E-state index in [9.17, 15) is 8.78 Å².